The molecular weight excluding hydrogens is 298 g/mol. The first-order valence-corrected chi connectivity index (χ1v) is 6.23. The highest BCUT2D eigenvalue weighted by Crippen LogP contribution is 2.26. The monoisotopic (exact) mass is 310 g/mol. The smallest absolute Gasteiger partial charge is 0.345 e. The number of para-hydroxylation sites is 1. The average Bonchev–Trinajstić information content (AvgIpc) is 2.95. The third-order valence-electron chi connectivity index (χ3n) is 2.23. The summed E-state index contributed by atoms with van der Waals surface area (Å²) in [7, 11) is 0. The van der Waals surface area contributed by atoms with Crippen molar-refractivity contribution in [2.24, 2.45) is 0 Å². The van der Waals surface area contributed by atoms with Gasteiger partial charge in [-0.25, -0.2) is 4.98 Å². The maximum Gasteiger partial charge on any atom is 0.345 e. The number of amides is 1. The Hall–Kier alpha value is -2.81. The number of anilines is 1. The molecule has 0 aliphatic rings. The van der Waals surface area contributed by atoms with E-state index in [1.54, 1.807) is 0 Å². The van der Waals surface area contributed by atoms with Crippen LogP contribution in [0.5, 0.6) is 5.75 Å². The minimum Gasteiger partial charge on any atom is -0.426 e. The van der Waals surface area contributed by atoms with Crippen molar-refractivity contribution < 1.29 is 23.4 Å². The van der Waals surface area contributed by atoms with Crippen LogP contribution in [0.1, 0.15) is 21.3 Å². The summed E-state index contributed by atoms with van der Waals surface area (Å²) >= 11 is 0.648. The summed E-state index contributed by atoms with van der Waals surface area (Å²) in [6, 6.07) is 5.49. The number of hydrogen-bond acceptors (Lipinski definition) is 7. The lowest BCUT2D eigenvalue weighted by molar-refractivity contribution is -0.380. The second-order valence-electron chi connectivity index (χ2n) is 3.60. The van der Waals surface area contributed by atoms with E-state index in [2.05, 4.69) is 10.3 Å². The lowest BCUT2D eigenvalue weighted by Gasteiger charge is -2.07. The van der Waals surface area contributed by atoms with Gasteiger partial charge in [0.2, 0.25) is 0 Å². The lowest BCUT2D eigenvalue weighted by Crippen LogP contribution is -2.14. The van der Waals surface area contributed by atoms with E-state index in [9.17, 15) is 19.7 Å². The van der Waals surface area contributed by atoms with Gasteiger partial charge in [-0.05, 0) is 23.5 Å². The molecule has 0 spiro atoms. The molecule has 0 bridgehead atoms. The van der Waals surface area contributed by atoms with E-state index in [1.807, 2.05) is 0 Å². The van der Waals surface area contributed by atoms with Gasteiger partial charge >= 0.3 is 11.0 Å². The molecule has 0 aliphatic carbocycles. The Morgan fingerprint density at radius 3 is 2.90 bits per heavy atom. The van der Waals surface area contributed by atoms with Crippen molar-refractivity contribution >= 4 is 33.3 Å². The van der Waals surface area contributed by atoms with Crippen molar-refractivity contribution in [1.82, 2.24) is 4.98 Å². The molecule has 1 amide bonds. The van der Waals surface area contributed by atoms with Crippen LogP contribution in [0.15, 0.2) is 30.5 Å². The Morgan fingerprint density at radius 1 is 1.48 bits per heavy atom. The largest absolute Gasteiger partial charge is 0.426 e. The number of ether oxygens (including phenoxy) is 1. The second kappa shape index (κ2) is 6.09. The van der Waals surface area contributed by atoms with Gasteiger partial charge in [-0.15, -0.1) is 0 Å². The molecule has 108 valence electrons. The zero-order valence-corrected chi connectivity index (χ0v) is 11.0. The Balaban J connectivity index is 2.20. The van der Waals surface area contributed by atoms with E-state index in [0.29, 0.717) is 11.3 Å². The fourth-order valence-electron chi connectivity index (χ4n) is 1.42. The van der Waals surface area contributed by atoms with Gasteiger partial charge in [-0.3, -0.25) is 25.0 Å². The van der Waals surface area contributed by atoms with E-state index in [4.69, 9.17) is 8.85 Å². The zero-order chi connectivity index (χ0) is 17.9. The van der Waals surface area contributed by atoms with Crippen LogP contribution in [-0.2, 0) is 4.79 Å². The molecule has 0 saturated carbocycles. The van der Waals surface area contributed by atoms with Gasteiger partial charge in [0.15, 0.2) is 5.13 Å². The number of rotatable bonds is 4. The topological polar surface area (TPSA) is 111 Å². The Labute approximate surface area is 126 Å². The Morgan fingerprint density at radius 2 is 2.24 bits per heavy atom. The molecule has 9 heteroatoms. The minimum absolute atomic E-state index is 0.0244. The maximum atomic E-state index is 12.2. The van der Waals surface area contributed by atoms with Gasteiger partial charge in [0.1, 0.15) is 11.9 Å². The number of aromatic nitrogens is 1. The molecule has 1 aromatic carbocycles. The van der Waals surface area contributed by atoms with Gasteiger partial charge in [0, 0.05) is 11.0 Å². The van der Waals surface area contributed by atoms with E-state index in [1.165, 1.54) is 24.3 Å². The van der Waals surface area contributed by atoms with Crippen molar-refractivity contribution in [2.75, 3.05) is 5.32 Å². The number of carbonyl (C=O) groups is 2. The van der Waals surface area contributed by atoms with Crippen LogP contribution in [0.3, 0.4) is 0 Å². The summed E-state index contributed by atoms with van der Waals surface area (Å²) in [4.78, 5) is 37.3. The number of thiazole rings is 1. The van der Waals surface area contributed by atoms with Crippen LogP contribution in [0.25, 0.3) is 0 Å². The molecule has 8 nitrogen and oxygen atoms in total. The van der Waals surface area contributed by atoms with Crippen molar-refractivity contribution in [3.63, 3.8) is 0 Å². The normalized spacial score (nSPS) is 12.7. The first-order valence-electron chi connectivity index (χ1n) is 6.91. The van der Waals surface area contributed by atoms with Crippen molar-refractivity contribution in [2.45, 2.75) is 6.85 Å². The predicted molar refractivity (Wildman–Crippen MR) is 74.5 cm³/mol. The third kappa shape index (κ3) is 3.60. The molecule has 0 unspecified atom stereocenters. The highest BCUT2D eigenvalue weighted by Gasteiger charge is 2.17. The first-order chi connectivity index (χ1) is 11.2. The van der Waals surface area contributed by atoms with Gasteiger partial charge in [-0.2, -0.15) is 0 Å². The summed E-state index contributed by atoms with van der Waals surface area (Å²) in [6.45, 7) is -2.97. The zero-order valence-electron chi connectivity index (χ0n) is 13.2. The van der Waals surface area contributed by atoms with Crippen LogP contribution in [0.4, 0.5) is 10.1 Å². The molecular formula is C12H9N3O5S. The molecule has 1 aromatic heterocycles. The van der Waals surface area contributed by atoms with E-state index in [-0.39, 0.29) is 21.4 Å². The average molecular weight is 310 g/mol. The number of nitrogens with zero attached hydrogens (tertiary/aromatic N) is 2. The molecule has 2 rings (SSSR count). The van der Waals surface area contributed by atoms with Gasteiger partial charge < -0.3 is 4.74 Å². The van der Waals surface area contributed by atoms with Crippen LogP contribution in [0.2, 0.25) is 0 Å². The summed E-state index contributed by atoms with van der Waals surface area (Å²) in [5.74, 6) is -2.48. The fraction of sp³-hybridized carbons (Fsp3) is 0.0833. The third-order valence-corrected chi connectivity index (χ3v) is 3.09. The highest BCUT2D eigenvalue weighted by atomic mass is 32.1. The molecule has 0 atom stereocenters. The number of hydrogen-bond donors (Lipinski definition) is 1. The summed E-state index contributed by atoms with van der Waals surface area (Å²) in [5.41, 5.74) is -0.118. The quantitative estimate of drug-likeness (QED) is 0.401. The summed E-state index contributed by atoms with van der Waals surface area (Å²) in [5, 5.41) is 12.6. The molecule has 0 aliphatic heterocycles. The molecule has 0 fully saturated rings. The molecule has 0 radical (unpaired) electrons. The second-order valence-corrected chi connectivity index (χ2v) is 4.61. The SMILES string of the molecule is [2H]C([2H])([2H])C(=O)Oc1ccccc1C(=O)Nc1ncc([N+](=O)[O-])s1. The summed E-state index contributed by atoms with van der Waals surface area (Å²) < 4.78 is 25.6. The molecule has 1 heterocycles. The fourth-order valence-corrected chi connectivity index (χ4v) is 2.04. The van der Waals surface area contributed by atoms with Gasteiger partial charge in [0.25, 0.3) is 5.91 Å². The summed E-state index contributed by atoms with van der Waals surface area (Å²) in [6.07, 6.45) is 0.987. The highest BCUT2D eigenvalue weighted by molar-refractivity contribution is 7.18. The van der Waals surface area contributed by atoms with Crippen molar-refractivity contribution in [3.8, 4) is 5.75 Å². The number of nitrogens with one attached hydrogen (secondary N) is 1. The number of benzene rings is 1. The van der Waals surface area contributed by atoms with Crippen LogP contribution >= 0.6 is 11.3 Å². The van der Waals surface area contributed by atoms with E-state index in [0.717, 1.165) is 6.20 Å². The van der Waals surface area contributed by atoms with Crippen molar-refractivity contribution in [3.05, 3.63) is 46.1 Å². The standard InChI is InChI=1S/C12H9N3O5S/c1-7(16)20-9-5-3-2-4-8(9)11(17)14-12-13-6-10(21-12)15(18)19/h2-6H,1H3,(H,13,14,17)/i1D3. The molecule has 1 N–H and O–H groups in total. The van der Waals surface area contributed by atoms with Crippen LogP contribution in [0, 0.1) is 10.1 Å². The Bertz CT molecular complexity index is 805. The maximum absolute atomic E-state index is 12.2. The number of nitro groups is 1. The van der Waals surface area contributed by atoms with Crippen LogP contribution in [-0.4, -0.2) is 21.8 Å². The number of esters is 1. The van der Waals surface area contributed by atoms with E-state index < -0.39 is 23.7 Å². The first kappa shape index (κ1) is 10.9. The lowest BCUT2D eigenvalue weighted by atomic mass is 10.2. The van der Waals surface area contributed by atoms with Crippen molar-refractivity contribution in [1.29, 1.82) is 0 Å². The predicted octanol–water partition coefficient (Wildman–Crippen LogP) is 2.23. The van der Waals surface area contributed by atoms with E-state index >= 15 is 0 Å². The number of carbonyl (C=O) groups excluding carboxylic acids is 2. The Kier molecular flexibility index (Phi) is 3.17. The van der Waals surface area contributed by atoms with Gasteiger partial charge in [0.05, 0.1) is 10.5 Å². The van der Waals surface area contributed by atoms with Crippen LogP contribution < -0.4 is 10.1 Å². The van der Waals surface area contributed by atoms with Gasteiger partial charge in [-0.1, -0.05) is 12.1 Å². The minimum atomic E-state index is -2.97. The molecule has 21 heavy (non-hydrogen) atoms. The molecule has 2 aromatic rings. The molecule has 0 saturated heterocycles.